The number of hydrogen-bond donors (Lipinski definition) is 1. The van der Waals surface area contributed by atoms with Crippen molar-refractivity contribution in [2.75, 3.05) is 13.7 Å². The molecule has 0 amide bonds. The van der Waals surface area contributed by atoms with Crippen LogP contribution >= 0.6 is 0 Å². The molecule has 1 aliphatic heterocycles. The number of aromatic carboxylic acids is 1. The van der Waals surface area contributed by atoms with Crippen LogP contribution < -0.4 is 5.43 Å². The Morgan fingerprint density at radius 1 is 1.18 bits per heavy atom. The Morgan fingerprint density at radius 2 is 1.93 bits per heavy atom. The summed E-state index contributed by atoms with van der Waals surface area (Å²) in [5.74, 6) is -2.04. The molecule has 28 heavy (non-hydrogen) atoms. The van der Waals surface area contributed by atoms with E-state index in [4.69, 9.17) is 0 Å². The van der Waals surface area contributed by atoms with E-state index in [0.29, 0.717) is 16.6 Å². The third kappa shape index (κ3) is 2.97. The molecule has 0 spiro atoms. The summed E-state index contributed by atoms with van der Waals surface area (Å²) in [6.07, 6.45) is 1.12. The van der Waals surface area contributed by atoms with Crippen molar-refractivity contribution in [3.8, 4) is 11.1 Å². The van der Waals surface area contributed by atoms with Crippen LogP contribution in [-0.2, 0) is 19.6 Å². The molecule has 0 aliphatic carbocycles. The van der Waals surface area contributed by atoms with Crippen LogP contribution in [0.4, 0.5) is 8.78 Å². The highest BCUT2D eigenvalue weighted by Crippen LogP contribution is 2.31. The second-order valence-corrected chi connectivity index (χ2v) is 7.06. The number of rotatable bonds is 4. The highest BCUT2D eigenvalue weighted by atomic mass is 19.1. The molecule has 4 rings (SSSR count). The van der Waals surface area contributed by atoms with Gasteiger partial charge in [0.2, 0.25) is 5.43 Å². The number of fused-ring (bicyclic) bond motifs is 2. The molecule has 1 aliphatic rings. The van der Waals surface area contributed by atoms with E-state index in [-0.39, 0.29) is 11.9 Å². The summed E-state index contributed by atoms with van der Waals surface area (Å²) in [4.78, 5) is 25.9. The number of aryl methyl sites for hydroxylation is 1. The molecule has 3 aromatic rings. The molecule has 1 N–H and O–H groups in total. The molecule has 5 nitrogen and oxygen atoms in total. The molecule has 7 heteroatoms. The van der Waals surface area contributed by atoms with Gasteiger partial charge in [0.1, 0.15) is 18.1 Å². The van der Waals surface area contributed by atoms with Crippen molar-refractivity contribution in [1.82, 2.24) is 9.47 Å². The van der Waals surface area contributed by atoms with E-state index in [1.807, 2.05) is 25.2 Å². The summed E-state index contributed by atoms with van der Waals surface area (Å²) in [5, 5.41) is 9.15. The van der Waals surface area contributed by atoms with E-state index >= 15 is 0 Å². The molecular weight excluding hydrogens is 366 g/mol. The minimum absolute atomic E-state index is 0.0736. The van der Waals surface area contributed by atoms with Crippen molar-refractivity contribution in [3.05, 3.63) is 69.3 Å². The van der Waals surface area contributed by atoms with E-state index in [1.165, 1.54) is 16.2 Å². The van der Waals surface area contributed by atoms with Gasteiger partial charge in [0, 0.05) is 30.2 Å². The van der Waals surface area contributed by atoms with Gasteiger partial charge in [-0.1, -0.05) is 12.1 Å². The number of benzene rings is 2. The van der Waals surface area contributed by atoms with Gasteiger partial charge in [-0.2, -0.15) is 0 Å². The molecule has 0 saturated heterocycles. The van der Waals surface area contributed by atoms with Gasteiger partial charge >= 0.3 is 5.97 Å². The van der Waals surface area contributed by atoms with Crippen molar-refractivity contribution in [2.45, 2.75) is 19.6 Å². The summed E-state index contributed by atoms with van der Waals surface area (Å²) in [6.45, 7) is 0.739. The third-order valence-corrected chi connectivity index (χ3v) is 5.12. The first-order valence-corrected chi connectivity index (χ1v) is 8.85. The molecular formula is C21H18F2N2O3. The Kier molecular flexibility index (Phi) is 4.47. The lowest BCUT2D eigenvalue weighted by Gasteiger charge is -2.13. The number of nitrogens with zero attached hydrogens (tertiary/aromatic N) is 2. The van der Waals surface area contributed by atoms with Crippen LogP contribution in [0.5, 0.6) is 0 Å². The van der Waals surface area contributed by atoms with Crippen LogP contribution in [0.15, 0.2) is 41.3 Å². The molecule has 0 fully saturated rings. The van der Waals surface area contributed by atoms with Gasteiger partial charge in [-0.3, -0.25) is 9.69 Å². The summed E-state index contributed by atoms with van der Waals surface area (Å²) in [7, 11) is 2.01. The van der Waals surface area contributed by atoms with Crippen LogP contribution in [0.3, 0.4) is 0 Å². The maximum atomic E-state index is 14.9. The zero-order valence-corrected chi connectivity index (χ0v) is 15.2. The van der Waals surface area contributed by atoms with E-state index in [2.05, 4.69) is 4.90 Å². The van der Waals surface area contributed by atoms with Crippen molar-refractivity contribution < 1.29 is 18.7 Å². The Balaban J connectivity index is 1.94. The zero-order chi connectivity index (χ0) is 20.0. The van der Waals surface area contributed by atoms with Gasteiger partial charge in [-0.05, 0) is 41.9 Å². The fourth-order valence-corrected chi connectivity index (χ4v) is 3.79. The smallest absolute Gasteiger partial charge is 0.341 e. The normalized spacial score (nSPS) is 13.8. The molecule has 0 radical (unpaired) electrons. The second kappa shape index (κ2) is 6.83. The predicted molar refractivity (Wildman–Crippen MR) is 102 cm³/mol. The number of alkyl halides is 1. The lowest BCUT2D eigenvalue weighted by atomic mass is 9.98. The molecule has 144 valence electrons. The lowest BCUT2D eigenvalue weighted by Crippen LogP contribution is -2.19. The van der Waals surface area contributed by atoms with E-state index in [0.717, 1.165) is 30.9 Å². The van der Waals surface area contributed by atoms with Gasteiger partial charge in [-0.25, -0.2) is 13.6 Å². The first-order valence-electron chi connectivity index (χ1n) is 8.85. The molecule has 2 heterocycles. The van der Waals surface area contributed by atoms with Crippen LogP contribution in [0.2, 0.25) is 0 Å². The Bertz CT molecular complexity index is 1170. The molecule has 0 saturated carbocycles. The average Bonchev–Trinajstić information content (AvgIpc) is 3.02. The maximum absolute atomic E-state index is 14.9. The Hall–Kier alpha value is -3.06. The number of hydrogen-bond acceptors (Lipinski definition) is 3. The van der Waals surface area contributed by atoms with Gasteiger partial charge in [0.15, 0.2) is 0 Å². The van der Waals surface area contributed by atoms with Crippen LogP contribution in [0, 0.1) is 5.82 Å². The Labute approximate surface area is 159 Å². The number of halogens is 2. The summed E-state index contributed by atoms with van der Waals surface area (Å²) >= 11 is 0. The molecule has 0 atom stereocenters. The van der Waals surface area contributed by atoms with Crippen LogP contribution in [0.1, 0.15) is 21.5 Å². The summed E-state index contributed by atoms with van der Waals surface area (Å²) in [5.41, 5.74) is 2.28. The number of carboxylic acids is 1. The molecule has 0 unspecified atom stereocenters. The number of carbonyl (C=O) groups is 1. The van der Waals surface area contributed by atoms with E-state index in [9.17, 15) is 23.5 Å². The zero-order valence-electron chi connectivity index (χ0n) is 15.2. The van der Waals surface area contributed by atoms with Crippen LogP contribution in [-0.4, -0.2) is 34.3 Å². The van der Waals surface area contributed by atoms with Crippen molar-refractivity contribution in [3.63, 3.8) is 0 Å². The van der Waals surface area contributed by atoms with Gasteiger partial charge < -0.3 is 9.67 Å². The minimum Gasteiger partial charge on any atom is -0.477 e. The van der Waals surface area contributed by atoms with Gasteiger partial charge in [-0.15, -0.1) is 0 Å². The topological polar surface area (TPSA) is 62.5 Å². The van der Waals surface area contributed by atoms with E-state index < -0.39 is 29.5 Å². The molecule has 0 bridgehead atoms. The molecule has 2 aromatic carbocycles. The highest BCUT2D eigenvalue weighted by molar-refractivity contribution is 5.94. The SMILES string of the molecule is CN1Cc2ccc(-c3cc4c(cc3F)c(=O)c(C(=O)O)cn4CCF)cc2C1. The average molecular weight is 384 g/mol. The standard InChI is InChI=1S/C21H18F2N2O3/c1-24-9-13-3-2-12(6-14(13)10-24)15-8-19-16(7-18(15)23)20(26)17(21(27)28)11-25(19)5-4-22/h2-3,6-8,11H,4-5,9-10H2,1H3,(H,27,28). The van der Waals surface area contributed by atoms with Gasteiger partial charge in [0.25, 0.3) is 0 Å². The number of aromatic nitrogens is 1. The minimum atomic E-state index is -1.42. The van der Waals surface area contributed by atoms with Crippen molar-refractivity contribution in [2.24, 2.45) is 0 Å². The first-order chi connectivity index (χ1) is 13.4. The van der Waals surface area contributed by atoms with Crippen molar-refractivity contribution in [1.29, 1.82) is 0 Å². The summed E-state index contributed by atoms with van der Waals surface area (Å²) in [6, 6.07) is 8.25. The number of carboxylic acid groups (broad SMARTS) is 1. The largest absolute Gasteiger partial charge is 0.477 e. The van der Waals surface area contributed by atoms with Gasteiger partial charge in [0.05, 0.1) is 12.1 Å². The quantitative estimate of drug-likeness (QED) is 0.749. The highest BCUT2D eigenvalue weighted by Gasteiger charge is 2.20. The second-order valence-electron chi connectivity index (χ2n) is 7.06. The van der Waals surface area contributed by atoms with Crippen molar-refractivity contribution >= 4 is 16.9 Å². The predicted octanol–water partition coefficient (Wildman–Crippen LogP) is 3.42. The first kappa shape index (κ1) is 18.3. The summed E-state index contributed by atoms with van der Waals surface area (Å²) < 4.78 is 29.2. The fourth-order valence-electron chi connectivity index (χ4n) is 3.79. The molecule has 1 aromatic heterocycles. The van der Waals surface area contributed by atoms with E-state index in [1.54, 1.807) is 0 Å². The monoisotopic (exact) mass is 384 g/mol. The maximum Gasteiger partial charge on any atom is 0.341 e. The van der Waals surface area contributed by atoms with Crippen LogP contribution in [0.25, 0.3) is 22.0 Å². The Morgan fingerprint density at radius 3 is 2.64 bits per heavy atom. The fraction of sp³-hybridized carbons (Fsp3) is 0.238. The lowest BCUT2D eigenvalue weighted by molar-refractivity contribution is 0.0694. The third-order valence-electron chi connectivity index (χ3n) is 5.12. The number of pyridine rings is 1.